The summed E-state index contributed by atoms with van der Waals surface area (Å²) in [7, 11) is 0. The molecule has 0 unspecified atom stereocenters. The zero-order valence-electron chi connectivity index (χ0n) is 12.6. The van der Waals surface area contributed by atoms with Crippen molar-refractivity contribution in [2.75, 3.05) is 6.54 Å². The van der Waals surface area contributed by atoms with Gasteiger partial charge in [0.2, 0.25) is 0 Å². The first kappa shape index (κ1) is 17.0. The first-order chi connectivity index (χ1) is 11.6. The second-order valence-electron chi connectivity index (χ2n) is 4.68. The van der Waals surface area contributed by atoms with Crippen molar-refractivity contribution in [2.24, 2.45) is 0 Å². The van der Waals surface area contributed by atoms with Crippen LogP contribution in [0.4, 0.5) is 9.18 Å². The van der Waals surface area contributed by atoms with Crippen molar-refractivity contribution in [1.29, 1.82) is 0 Å². The van der Waals surface area contributed by atoms with E-state index in [9.17, 15) is 14.0 Å². The number of carboxylic acids is 1. The Bertz CT molecular complexity index is 794. The van der Waals surface area contributed by atoms with Gasteiger partial charge in [-0.3, -0.25) is 0 Å². The Morgan fingerprint density at radius 1 is 1.12 bits per heavy atom. The maximum absolute atomic E-state index is 13.5. The molecule has 0 atom stereocenters. The van der Waals surface area contributed by atoms with E-state index in [1.165, 1.54) is 12.1 Å². The van der Waals surface area contributed by atoms with Crippen molar-refractivity contribution in [3.8, 4) is 11.8 Å². The average molecular weight is 327 g/mol. The molecule has 0 fully saturated rings. The fraction of sp³-hybridized carbons (Fsp3) is 0.111. The zero-order valence-corrected chi connectivity index (χ0v) is 12.6. The van der Waals surface area contributed by atoms with E-state index >= 15 is 0 Å². The highest BCUT2D eigenvalue weighted by Crippen LogP contribution is 2.12. The van der Waals surface area contributed by atoms with Crippen LogP contribution in [0.2, 0.25) is 0 Å². The first-order valence-electron chi connectivity index (χ1n) is 7.03. The van der Waals surface area contributed by atoms with Crippen molar-refractivity contribution < 1.29 is 23.8 Å². The smallest absolute Gasteiger partial charge is 0.408 e. The topological polar surface area (TPSA) is 75.6 Å². The molecule has 0 aliphatic heterocycles. The molecule has 0 aliphatic carbocycles. The number of carbonyl (C=O) groups is 2. The van der Waals surface area contributed by atoms with E-state index in [-0.39, 0.29) is 18.7 Å². The predicted octanol–water partition coefficient (Wildman–Crippen LogP) is 2.80. The zero-order chi connectivity index (χ0) is 17.4. The molecule has 0 aliphatic rings. The van der Waals surface area contributed by atoms with E-state index in [1.54, 1.807) is 0 Å². The Morgan fingerprint density at radius 3 is 2.58 bits per heavy atom. The van der Waals surface area contributed by atoms with E-state index in [0.717, 1.165) is 11.6 Å². The van der Waals surface area contributed by atoms with Gasteiger partial charge in [-0.2, -0.15) is 0 Å². The lowest BCUT2D eigenvalue weighted by atomic mass is 10.1. The van der Waals surface area contributed by atoms with Crippen molar-refractivity contribution >= 4 is 12.1 Å². The van der Waals surface area contributed by atoms with Crippen LogP contribution in [0.15, 0.2) is 48.5 Å². The molecule has 1 amide bonds. The van der Waals surface area contributed by atoms with E-state index in [4.69, 9.17) is 9.84 Å². The van der Waals surface area contributed by atoms with Gasteiger partial charge >= 0.3 is 12.1 Å². The standard InChI is InChI=1S/C18H14FNO4/c19-15-10-4-8-14(16(15)17(21)22)9-5-11-20-18(23)24-12-13-6-2-1-3-7-13/h1-4,6-8,10H,11-12H2,(H,20,23)(H,21,22). The highest BCUT2D eigenvalue weighted by molar-refractivity contribution is 5.91. The summed E-state index contributed by atoms with van der Waals surface area (Å²) >= 11 is 0. The number of benzene rings is 2. The van der Waals surface area contributed by atoms with Crippen LogP contribution < -0.4 is 5.32 Å². The summed E-state index contributed by atoms with van der Waals surface area (Å²) in [5, 5.41) is 11.4. The number of carboxylic acid groups (broad SMARTS) is 1. The number of hydrogen-bond donors (Lipinski definition) is 2. The van der Waals surface area contributed by atoms with Gasteiger partial charge in [-0.1, -0.05) is 48.2 Å². The van der Waals surface area contributed by atoms with Gasteiger partial charge in [-0.15, -0.1) is 0 Å². The Labute approximate surface area is 138 Å². The lowest BCUT2D eigenvalue weighted by molar-refractivity contribution is 0.0691. The van der Waals surface area contributed by atoms with E-state index < -0.39 is 23.4 Å². The van der Waals surface area contributed by atoms with Crippen molar-refractivity contribution in [1.82, 2.24) is 5.32 Å². The third-order valence-corrected chi connectivity index (χ3v) is 2.98. The summed E-state index contributed by atoms with van der Waals surface area (Å²) in [5.74, 6) is 2.83. The van der Waals surface area contributed by atoms with Crippen LogP contribution in [-0.2, 0) is 11.3 Å². The molecule has 0 saturated heterocycles. The Morgan fingerprint density at radius 2 is 1.88 bits per heavy atom. The van der Waals surface area contributed by atoms with Gasteiger partial charge in [-0.25, -0.2) is 14.0 Å². The number of alkyl carbamates (subject to hydrolysis) is 1. The molecule has 2 aromatic carbocycles. The van der Waals surface area contributed by atoms with E-state index in [1.807, 2.05) is 30.3 Å². The Hall–Kier alpha value is -3.33. The highest BCUT2D eigenvalue weighted by atomic mass is 19.1. The minimum Gasteiger partial charge on any atom is -0.478 e. The van der Waals surface area contributed by atoms with Crippen LogP contribution in [0.5, 0.6) is 0 Å². The Kier molecular flexibility index (Phi) is 5.92. The maximum atomic E-state index is 13.5. The van der Waals surface area contributed by atoms with E-state index in [0.29, 0.717) is 0 Å². The quantitative estimate of drug-likeness (QED) is 0.847. The van der Waals surface area contributed by atoms with Gasteiger partial charge in [-0.05, 0) is 17.7 Å². The number of ether oxygens (including phenoxy) is 1. The lowest BCUT2D eigenvalue weighted by Gasteiger charge is -2.04. The molecule has 0 heterocycles. The molecule has 0 aromatic heterocycles. The number of nitrogens with one attached hydrogen (secondary N) is 1. The molecular weight excluding hydrogens is 313 g/mol. The maximum Gasteiger partial charge on any atom is 0.408 e. The molecule has 2 aromatic rings. The van der Waals surface area contributed by atoms with Crippen LogP contribution in [-0.4, -0.2) is 23.7 Å². The van der Waals surface area contributed by atoms with Crippen LogP contribution in [0.25, 0.3) is 0 Å². The molecule has 0 spiro atoms. The van der Waals surface area contributed by atoms with Gasteiger partial charge in [0.25, 0.3) is 0 Å². The molecule has 122 valence electrons. The lowest BCUT2D eigenvalue weighted by Crippen LogP contribution is -2.24. The average Bonchev–Trinajstić information content (AvgIpc) is 2.57. The summed E-state index contributed by atoms with van der Waals surface area (Å²) in [4.78, 5) is 22.5. The highest BCUT2D eigenvalue weighted by Gasteiger charge is 2.13. The summed E-state index contributed by atoms with van der Waals surface area (Å²) in [6.45, 7) is 0.0797. The molecule has 0 radical (unpaired) electrons. The van der Waals surface area contributed by atoms with Crippen molar-refractivity contribution in [3.63, 3.8) is 0 Å². The number of rotatable bonds is 4. The van der Waals surface area contributed by atoms with Crippen molar-refractivity contribution in [3.05, 3.63) is 71.0 Å². The molecule has 6 heteroatoms. The number of carbonyl (C=O) groups excluding carboxylic acids is 1. The number of amides is 1. The summed E-state index contributed by atoms with van der Waals surface area (Å²) in [6.07, 6.45) is -0.647. The second-order valence-corrected chi connectivity index (χ2v) is 4.68. The van der Waals surface area contributed by atoms with E-state index in [2.05, 4.69) is 17.2 Å². The fourth-order valence-electron chi connectivity index (χ4n) is 1.88. The largest absolute Gasteiger partial charge is 0.478 e. The van der Waals surface area contributed by atoms with Crippen LogP contribution in [0.1, 0.15) is 21.5 Å². The molecule has 2 rings (SSSR count). The van der Waals surface area contributed by atoms with Gasteiger partial charge in [0.05, 0.1) is 6.54 Å². The minimum absolute atomic E-state index is 0.0435. The molecule has 2 N–H and O–H groups in total. The third kappa shape index (κ3) is 4.85. The Balaban J connectivity index is 1.87. The fourth-order valence-corrected chi connectivity index (χ4v) is 1.88. The van der Waals surface area contributed by atoms with Gasteiger partial charge in [0, 0.05) is 5.56 Å². The van der Waals surface area contributed by atoms with Crippen LogP contribution >= 0.6 is 0 Å². The van der Waals surface area contributed by atoms with Gasteiger partial charge in [0.15, 0.2) is 0 Å². The van der Waals surface area contributed by atoms with Crippen LogP contribution in [0.3, 0.4) is 0 Å². The molecule has 24 heavy (non-hydrogen) atoms. The first-order valence-corrected chi connectivity index (χ1v) is 7.03. The normalized spacial score (nSPS) is 9.54. The predicted molar refractivity (Wildman–Crippen MR) is 84.9 cm³/mol. The van der Waals surface area contributed by atoms with Gasteiger partial charge in [0.1, 0.15) is 18.0 Å². The monoisotopic (exact) mass is 327 g/mol. The van der Waals surface area contributed by atoms with Crippen molar-refractivity contribution in [2.45, 2.75) is 6.61 Å². The second kappa shape index (κ2) is 8.34. The SMILES string of the molecule is O=C(NCC#Cc1cccc(F)c1C(=O)O)OCc1ccccc1. The number of aromatic carboxylic acids is 1. The van der Waals surface area contributed by atoms with Crippen LogP contribution in [0, 0.1) is 17.7 Å². The summed E-state index contributed by atoms with van der Waals surface area (Å²) in [5.41, 5.74) is 0.406. The summed E-state index contributed by atoms with van der Waals surface area (Å²) < 4.78 is 18.5. The molecule has 0 bridgehead atoms. The third-order valence-electron chi connectivity index (χ3n) is 2.98. The minimum atomic E-state index is -1.40. The van der Waals surface area contributed by atoms with Gasteiger partial charge < -0.3 is 15.2 Å². The number of halogens is 1. The molecule has 0 saturated carbocycles. The molecular formula is C18H14FNO4. The summed E-state index contributed by atoms with van der Waals surface area (Å²) in [6, 6.07) is 13.0. The number of hydrogen-bond acceptors (Lipinski definition) is 3. The molecule has 5 nitrogen and oxygen atoms in total.